The normalized spacial score (nSPS) is 15.3. The summed E-state index contributed by atoms with van der Waals surface area (Å²) in [6.45, 7) is 4.05. The predicted octanol–water partition coefficient (Wildman–Crippen LogP) is 3.01. The van der Waals surface area contributed by atoms with Crippen LogP contribution < -0.4 is 0 Å². The average molecular weight is 303 g/mol. The van der Waals surface area contributed by atoms with Crippen molar-refractivity contribution in [2.45, 2.75) is 26.1 Å². The highest BCUT2D eigenvalue weighted by atomic mass is 15.2. The Morgan fingerprint density at radius 3 is 2.30 bits per heavy atom. The maximum atomic E-state index is 4.59. The van der Waals surface area contributed by atoms with E-state index in [-0.39, 0.29) is 6.04 Å². The summed E-state index contributed by atoms with van der Waals surface area (Å²) in [4.78, 5) is 20.0. The topological polar surface area (TPSA) is 54.8 Å². The third kappa shape index (κ3) is 2.59. The van der Waals surface area contributed by atoms with Crippen LogP contribution in [0.25, 0.3) is 11.4 Å². The summed E-state index contributed by atoms with van der Waals surface area (Å²) in [5.74, 6) is 0. The van der Waals surface area contributed by atoms with Crippen LogP contribution in [0.15, 0.2) is 55.2 Å². The number of aromatic nitrogens is 4. The van der Waals surface area contributed by atoms with Gasteiger partial charge >= 0.3 is 0 Å². The molecule has 1 aliphatic heterocycles. The lowest BCUT2D eigenvalue weighted by Crippen LogP contribution is -2.22. The molecule has 23 heavy (non-hydrogen) atoms. The lowest BCUT2D eigenvalue weighted by Gasteiger charge is -2.24. The first kappa shape index (κ1) is 14.0. The van der Waals surface area contributed by atoms with Crippen LogP contribution in [0.1, 0.15) is 29.8 Å². The molecule has 0 amide bonds. The second-order valence-electron chi connectivity index (χ2n) is 5.73. The van der Waals surface area contributed by atoms with Crippen LogP contribution in [0.5, 0.6) is 0 Å². The SMILES string of the molecule is CC(c1nccnc1-c1cnccn1)N1Cc2ccccc2C1. The summed E-state index contributed by atoms with van der Waals surface area (Å²) >= 11 is 0. The lowest BCUT2D eigenvalue weighted by molar-refractivity contribution is 0.211. The largest absolute Gasteiger partial charge is 0.286 e. The fourth-order valence-corrected chi connectivity index (χ4v) is 3.08. The molecule has 5 nitrogen and oxygen atoms in total. The van der Waals surface area contributed by atoms with Crippen molar-refractivity contribution in [1.82, 2.24) is 24.8 Å². The molecule has 5 heteroatoms. The van der Waals surface area contributed by atoms with Crippen molar-refractivity contribution in [2.24, 2.45) is 0 Å². The Balaban J connectivity index is 1.67. The van der Waals surface area contributed by atoms with E-state index in [1.54, 1.807) is 31.0 Å². The summed E-state index contributed by atoms with van der Waals surface area (Å²) in [6.07, 6.45) is 8.54. The molecule has 0 saturated carbocycles. The minimum Gasteiger partial charge on any atom is -0.286 e. The Kier molecular flexibility index (Phi) is 3.55. The molecule has 0 spiro atoms. The van der Waals surface area contributed by atoms with Crippen molar-refractivity contribution in [2.75, 3.05) is 0 Å². The Morgan fingerprint density at radius 1 is 0.913 bits per heavy atom. The molecule has 4 rings (SSSR count). The second-order valence-corrected chi connectivity index (χ2v) is 5.73. The van der Waals surface area contributed by atoms with E-state index in [0.717, 1.165) is 30.2 Å². The number of rotatable bonds is 3. The molecule has 3 aromatic rings. The number of fused-ring (bicyclic) bond motifs is 1. The van der Waals surface area contributed by atoms with E-state index in [4.69, 9.17) is 0 Å². The van der Waals surface area contributed by atoms with Gasteiger partial charge in [0, 0.05) is 37.9 Å². The summed E-state index contributed by atoms with van der Waals surface area (Å²) in [6, 6.07) is 8.75. The van der Waals surface area contributed by atoms with Crippen molar-refractivity contribution >= 4 is 0 Å². The second kappa shape index (κ2) is 5.85. The molecule has 0 radical (unpaired) electrons. The van der Waals surface area contributed by atoms with Crippen LogP contribution in [0.2, 0.25) is 0 Å². The molecular formula is C18H17N5. The molecule has 0 bridgehead atoms. The van der Waals surface area contributed by atoms with Gasteiger partial charge in [-0.1, -0.05) is 24.3 Å². The van der Waals surface area contributed by atoms with E-state index in [1.807, 2.05) is 0 Å². The van der Waals surface area contributed by atoms with Gasteiger partial charge in [-0.2, -0.15) is 0 Å². The van der Waals surface area contributed by atoms with Gasteiger partial charge in [0.1, 0.15) is 11.4 Å². The number of hydrogen-bond donors (Lipinski definition) is 0. The Morgan fingerprint density at radius 2 is 1.61 bits per heavy atom. The lowest BCUT2D eigenvalue weighted by atomic mass is 10.1. The van der Waals surface area contributed by atoms with Crippen molar-refractivity contribution < 1.29 is 0 Å². The zero-order valence-electron chi connectivity index (χ0n) is 12.9. The Labute approximate surface area is 135 Å². The summed E-state index contributed by atoms with van der Waals surface area (Å²) < 4.78 is 0. The molecule has 1 aromatic carbocycles. The van der Waals surface area contributed by atoms with Gasteiger partial charge in [0.15, 0.2) is 0 Å². The van der Waals surface area contributed by atoms with Gasteiger partial charge < -0.3 is 0 Å². The zero-order chi connectivity index (χ0) is 15.6. The maximum Gasteiger partial charge on any atom is 0.113 e. The third-order valence-corrected chi connectivity index (χ3v) is 4.34. The first-order valence-corrected chi connectivity index (χ1v) is 7.71. The molecule has 0 aliphatic carbocycles. The van der Waals surface area contributed by atoms with Crippen molar-refractivity contribution in [3.63, 3.8) is 0 Å². The molecule has 1 aliphatic rings. The Hall–Kier alpha value is -2.66. The molecule has 114 valence electrons. The fourth-order valence-electron chi connectivity index (χ4n) is 3.08. The van der Waals surface area contributed by atoms with E-state index in [9.17, 15) is 0 Å². The van der Waals surface area contributed by atoms with Crippen molar-refractivity contribution in [3.8, 4) is 11.4 Å². The molecular weight excluding hydrogens is 286 g/mol. The van der Waals surface area contributed by atoms with Crippen LogP contribution in [0.4, 0.5) is 0 Å². The Bertz CT molecular complexity index is 793. The highest BCUT2D eigenvalue weighted by Gasteiger charge is 2.27. The summed E-state index contributed by atoms with van der Waals surface area (Å²) in [5, 5.41) is 0. The van der Waals surface area contributed by atoms with Gasteiger partial charge in [-0.25, -0.2) is 0 Å². The van der Waals surface area contributed by atoms with E-state index < -0.39 is 0 Å². The molecule has 0 N–H and O–H groups in total. The summed E-state index contributed by atoms with van der Waals surface area (Å²) in [7, 11) is 0. The maximum absolute atomic E-state index is 4.59. The molecule has 2 aromatic heterocycles. The van der Waals surface area contributed by atoms with Crippen molar-refractivity contribution in [3.05, 3.63) is 72.1 Å². The summed E-state index contributed by atoms with van der Waals surface area (Å²) in [5.41, 5.74) is 5.30. The minimum absolute atomic E-state index is 0.160. The van der Waals surface area contributed by atoms with Gasteiger partial charge in [0.2, 0.25) is 0 Å². The van der Waals surface area contributed by atoms with Gasteiger partial charge in [-0.3, -0.25) is 24.8 Å². The highest BCUT2D eigenvalue weighted by molar-refractivity contribution is 5.56. The van der Waals surface area contributed by atoms with Crippen LogP contribution >= 0.6 is 0 Å². The first-order chi connectivity index (χ1) is 11.3. The minimum atomic E-state index is 0.160. The van der Waals surface area contributed by atoms with Crippen LogP contribution in [-0.2, 0) is 13.1 Å². The van der Waals surface area contributed by atoms with Crippen LogP contribution in [0.3, 0.4) is 0 Å². The van der Waals surface area contributed by atoms with Gasteiger partial charge in [-0.05, 0) is 18.1 Å². The van der Waals surface area contributed by atoms with Crippen molar-refractivity contribution in [1.29, 1.82) is 0 Å². The number of nitrogens with zero attached hydrogens (tertiary/aromatic N) is 5. The molecule has 0 fully saturated rings. The molecule has 1 unspecified atom stereocenters. The smallest absolute Gasteiger partial charge is 0.113 e. The van der Waals surface area contributed by atoms with Gasteiger partial charge in [0.05, 0.1) is 17.9 Å². The molecule has 0 saturated heterocycles. The quantitative estimate of drug-likeness (QED) is 0.744. The third-order valence-electron chi connectivity index (χ3n) is 4.34. The zero-order valence-corrected chi connectivity index (χ0v) is 12.9. The van der Waals surface area contributed by atoms with Gasteiger partial charge in [-0.15, -0.1) is 0 Å². The standard InChI is InChI=1S/C18H17N5/c1-13(23-11-14-4-2-3-5-15(14)12-23)17-18(22-9-8-21-17)16-10-19-6-7-20-16/h2-10,13H,11-12H2,1H3. The van der Waals surface area contributed by atoms with E-state index in [1.165, 1.54) is 11.1 Å². The average Bonchev–Trinajstić information content (AvgIpc) is 3.06. The van der Waals surface area contributed by atoms with E-state index in [0.29, 0.717) is 0 Å². The molecule has 1 atom stereocenters. The van der Waals surface area contributed by atoms with Gasteiger partial charge in [0.25, 0.3) is 0 Å². The predicted molar refractivity (Wildman–Crippen MR) is 87.2 cm³/mol. The number of benzene rings is 1. The molecule has 3 heterocycles. The monoisotopic (exact) mass is 303 g/mol. The van der Waals surface area contributed by atoms with Crippen LogP contribution in [-0.4, -0.2) is 24.8 Å². The first-order valence-electron chi connectivity index (χ1n) is 7.71. The highest BCUT2D eigenvalue weighted by Crippen LogP contribution is 2.33. The van der Waals surface area contributed by atoms with E-state index in [2.05, 4.69) is 56.0 Å². The number of hydrogen-bond acceptors (Lipinski definition) is 5. The van der Waals surface area contributed by atoms with E-state index >= 15 is 0 Å². The fraction of sp³-hybridized carbons (Fsp3) is 0.222. The van der Waals surface area contributed by atoms with Crippen LogP contribution in [0, 0.1) is 0 Å².